The second kappa shape index (κ2) is 5.45. The largest absolute Gasteiger partial charge is 0.478 e. The molecule has 3 N–H and O–H groups in total. The minimum atomic E-state index is -1.10. The standard InChI is InChI=1S/C13H11N3O5/c1-7-8(13(18)19)3-2-4-9(7)15-12(17)10-5-6-11(14-10)16(20)21/h2-6,14H,1H3,(H,15,17)(H,18,19). The van der Waals surface area contributed by atoms with Gasteiger partial charge in [0.1, 0.15) is 0 Å². The lowest BCUT2D eigenvalue weighted by Crippen LogP contribution is -2.14. The van der Waals surface area contributed by atoms with Gasteiger partial charge < -0.3 is 20.5 Å². The predicted octanol–water partition coefficient (Wildman–Crippen LogP) is 2.18. The Bertz CT molecular complexity index is 735. The molecule has 0 aliphatic rings. The van der Waals surface area contributed by atoms with E-state index < -0.39 is 16.8 Å². The third kappa shape index (κ3) is 2.89. The summed E-state index contributed by atoms with van der Waals surface area (Å²) in [7, 11) is 0. The number of amides is 1. The maximum absolute atomic E-state index is 12.0. The van der Waals surface area contributed by atoms with Crippen LogP contribution in [0.5, 0.6) is 0 Å². The number of nitrogens with zero attached hydrogens (tertiary/aromatic N) is 1. The van der Waals surface area contributed by atoms with Crippen LogP contribution >= 0.6 is 0 Å². The summed E-state index contributed by atoms with van der Waals surface area (Å²) in [6, 6.07) is 6.94. The van der Waals surface area contributed by atoms with Gasteiger partial charge in [-0.1, -0.05) is 6.07 Å². The number of aromatic carboxylic acids is 1. The number of nitrogens with one attached hydrogen (secondary N) is 2. The maximum Gasteiger partial charge on any atom is 0.336 e. The number of aromatic amines is 1. The molecule has 2 rings (SSSR count). The molecule has 1 amide bonds. The number of H-pyrrole nitrogens is 1. The van der Waals surface area contributed by atoms with Crippen LogP contribution in [0, 0.1) is 17.0 Å². The van der Waals surface area contributed by atoms with Crippen molar-refractivity contribution in [3.05, 3.63) is 57.3 Å². The van der Waals surface area contributed by atoms with Crippen molar-refractivity contribution in [2.45, 2.75) is 6.92 Å². The van der Waals surface area contributed by atoms with E-state index in [0.29, 0.717) is 11.3 Å². The summed E-state index contributed by atoms with van der Waals surface area (Å²) in [5, 5.41) is 22.1. The van der Waals surface area contributed by atoms with Crippen LogP contribution < -0.4 is 5.32 Å². The highest BCUT2D eigenvalue weighted by molar-refractivity contribution is 6.04. The number of carboxylic acid groups (broad SMARTS) is 1. The Balaban J connectivity index is 2.25. The molecule has 8 nitrogen and oxygen atoms in total. The fourth-order valence-corrected chi connectivity index (χ4v) is 1.81. The number of carbonyl (C=O) groups excluding carboxylic acids is 1. The van der Waals surface area contributed by atoms with Crippen molar-refractivity contribution in [3.8, 4) is 0 Å². The highest BCUT2D eigenvalue weighted by Crippen LogP contribution is 2.20. The van der Waals surface area contributed by atoms with E-state index in [2.05, 4.69) is 10.3 Å². The van der Waals surface area contributed by atoms with Crippen LogP contribution in [-0.4, -0.2) is 26.9 Å². The molecule has 1 heterocycles. The van der Waals surface area contributed by atoms with Crippen molar-refractivity contribution in [3.63, 3.8) is 0 Å². The van der Waals surface area contributed by atoms with Crippen molar-refractivity contribution in [2.24, 2.45) is 0 Å². The van der Waals surface area contributed by atoms with Crippen LogP contribution in [0.15, 0.2) is 30.3 Å². The molecule has 0 bridgehead atoms. The van der Waals surface area contributed by atoms with Gasteiger partial charge in [0, 0.05) is 11.8 Å². The van der Waals surface area contributed by atoms with Crippen molar-refractivity contribution < 1.29 is 19.6 Å². The van der Waals surface area contributed by atoms with Crippen molar-refractivity contribution >= 4 is 23.4 Å². The summed E-state index contributed by atoms with van der Waals surface area (Å²) in [5.41, 5.74) is 0.823. The minimum Gasteiger partial charge on any atom is -0.478 e. The topological polar surface area (TPSA) is 125 Å². The van der Waals surface area contributed by atoms with Crippen LogP contribution in [0.25, 0.3) is 0 Å². The fourth-order valence-electron chi connectivity index (χ4n) is 1.81. The van der Waals surface area contributed by atoms with Crippen molar-refractivity contribution in [1.29, 1.82) is 0 Å². The van der Waals surface area contributed by atoms with Gasteiger partial charge >= 0.3 is 11.8 Å². The lowest BCUT2D eigenvalue weighted by Gasteiger charge is -2.08. The number of anilines is 1. The zero-order chi connectivity index (χ0) is 15.6. The van der Waals surface area contributed by atoms with Gasteiger partial charge in [0.05, 0.1) is 5.56 Å². The molecule has 8 heteroatoms. The molecule has 0 aliphatic carbocycles. The van der Waals surface area contributed by atoms with E-state index in [-0.39, 0.29) is 17.1 Å². The number of carboxylic acids is 1. The van der Waals surface area contributed by atoms with Gasteiger partial charge in [0.15, 0.2) is 5.69 Å². The molecule has 2 aromatic rings. The van der Waals surface area contributed by atoms with E-state index in [0.717, 1.165) is 0 Å². The molecule has 0 fully saturated rings. The van der Waals surface area contributed by atoms with Gasteiger partial charge in [-0.2, -0.15) is 0 Å². The van der Waals surface area contributed by atoms with Gasteiger partial charge in [-0.3, -0.25) is 4.79 Å². The SMILES string of the molecule is Cc1c(NC(=O)c2ccc([N+](=O)[O-])[nH]2)cccc1C(=O)O. The first-order valence-corrected chi connectivity index (χ1v) is 5.88. The Hall–Kier alpha value is -3.16. The predicted molar refractivity (Wildman–Crippen MR) is 73.5 cm³/mol. The summed E-state index contributed by atoms with van der Waals surface area (Å²) in [5.74, 6) is -1.98. The van der Waals surface area contributed by atoms with E-state index in [1.54, 1.807) is 13.0 Å². The Labute approximate surface area is 118 Å². The van der Waals surface area contributed by atoms with E-state index >= 15 is 0 Å². The van der Waals surface area contributed by atoms with E-state index in [1.165, 1.54) is 24.3 Å². The average molecular weight is 289 g/mol. The van der Waals surface area contributed by atoms with Crippen molar-refractivity contribution in [2.75, 3.05) is 5.32 Å². The van der Waals surface area contributed by atoms with Crippen LogP contribution in [0.1, 0.15) is 26.4 Å². The first kappa shape index (κ1) is 14.3. The van der Waals surface area contributed by atoms with Crippen LogP contribution in [0.4, 0.5) is 11.5 Å². The molecule has 0 unspecified atom stereocenters. The first-order chi connectivity index (χ1) is 9.90. The molecular formula is C13H11N3O5. The highest BCUT2D eigenvalue weighted by atomic mass is 16.6. The van der Waals surface area contributed by atoms with E-state index in [1.807, 2.05) is 0 Å². The molecule has 0 atom stereocenters. The lowest BCUT2D eigenvalue weighted by molar-refractivity contribution is -0.389. The molecule has 1 aromatic carbocycles. The van der Waals surface area contributed by atoms with Gasteiger partial charge in [0.2, 0.25) is 0 Å². The van der Waals surface area contributed by atoms with Crippen LogP contribution in [0.3, 0.4) is 0 Å². The van der Waals surface area contributed by atoms with Gasteiger partial charge in [-0.15, -0.1) is 0 Å². The molecule has 108 valence electrons. The number of benzene rings is 1. The second-order valence-corrected chi connectivity index (χ2v) is 4.25. The highest BCUT2D eigenvalue weighted by Gasteiger charge is 2.17. The third-order valence-electron chi connectivity index (χ3n) is 2.92. The number of nitro groups is 1. The molecule has 21 heavy (non-hydrogen) atoms. The average Bonchev–Trinajstić information content (AvgIpc) is 2.90. The summed E-state index contributed by atoms with van der Waals surface area (Å²) in [6.45, 7) is 1.57. The van der Waals surface area contributed by atoms with Gasteiger partial charge in [0.25, 0.3) is 5.91 Å². The summed E-state index contributed by atoms with van der Waals surface area (Å²) in [6.07, 6.45) is 0. The molecule has 0 saturated heterocycles. The Morgan fingerprint density at radius 3 is 2.57 bits per heavy atom. The summed E-state index contributed by atoms with van der Waals surface area (Å²) in [4.78, 5) is 35.2. The number of aromatic nitrogens is 1. The molecule has 1 aromatic heterocycles. The number of rotatable bonds is 4. The maximum atomic E-state index is 12.0. The smallest absolute Gasteiger partial charge is 0.336 e. The molecule has 0 aliphatic heterocycles. The zero-order valence-electron chi connectivity index (χ0n) is 10.9. The van der Waals surface area contributed by atoms with E-state index in [9.17, 15) is 19.7 Å². The lowest BCUT2D eigenvalue weighted by atomic mass is 10.1. The molecule has 0 radical (unpaired) electrons. The fraction of sp³-hybridized carbons (Fsp3) is 0.0769. The Morgan fingerprint density at radius 2 is 2.00 bits per heavy atom. The van der Waals surface area contributed by atoms with Gasteiger partial charge in [-0.05, 0) is 35.6 Å². The van der Waals surface area contributed by atoms with Crippen LogP contribution in [-0.2, 0) is 0 Å². The summed E-state index contributed by atoms with van der Waals surface area (Å²) < 4.78 is 0. The first-order valence-electron chi connectivity index (χ1n) is 5.88. The quantitative estimate of drug-likeness (QED) is 0.587. The molecule has 0 saturated carbocycles. The number of hydrogen-bond acceptors (Lipinski definition) is 4. The zero-order valence-corrected chi connectivity index (χ0v) is 10.9. The Morgan fingerprint density at radius 1 is 1.29 bits per heavy atom. The van der Waals surface area contributed by atoms with E-state index in [4.69, 9.17) is 5.11 Å². The molecular weight excluding hydrogens is 278 g/mol. The van der Waals surface area contributed by atoms with Crippen molar-refractivity contribution in [1.82, 2.24) is 4.98 Å². The number of hydrogen-bond donors (Lipinski definition) is 3. The second-order valence-electron chi connectivity index (χ2n) is 4.25. The normalized spacial score (nSPS) is 10.1. The number of carbonyl (C=O) groups is 2. The minimum absolute atomic E-state index is 0.0156. The Kier molecular flexibility index (Phi) is 3.70. The monoisotopic (exact) mass is 289 g/mol. The third-order valence-corrected chi connectivity index (χ3v) is 2.92. The van der Waals surface area contributed by atoms with Crippen LogP contribution in [0.2, 0.25) is 0 Å². The van der Waals surface area contributed by atoms with Gasteiger partial charge in [-0.25, -0.2) is 9.78 Å². The summed E-state index contributed by atoms with van der Waals surface area (Å²) >= 11 is 0. The molecule has 0 spiro atoms.